The number of benzene rings is 2. The van der Waals surface area contributed by atoms with Gasteiger partial charge in [-0.25, -0.2) is 9.69 Å². The van der Waals surface area contributed by atoms with Crippen LogP contribution in [0.2, 0.25) is 0 Å². The third-order valence-electron chi connectivity index (χ3n) is 7.47. The molecule has 1 aliphatic heterocycles. The number of ketones is 1. The number of allylic oxidation sites excluding steroid dienone is 2. The number of para-hydroxylation sites is 1. The van der Waals surface area contributed by atoms with Gasteiger partial charge in [0, 0.05) is 0 Å². The standard InChI is InChI=1S/C26H21NO5/c1-13(28)16-7-2-3-8-21(16)32-26(31)14-5-4-6-15(11-14)27-24(29)22-17-9-10-18(20-12-19(17)20)23(22)25(27)30/h2-11,17-20,22-23H,12H2,1H3/t17-,18-,19-,20-,22-,23+/m0/s1. The summed E-state index contributed by atoms with van der Waals surface area (Å²) >= 11 is 0. The molecule has 6 atom stereocenters. The van der Waals surface area contributed by atoms with Crippen molar-refractivity contribution in [3.05, 3.63) is 71.8 Å². The van der Waals surface area contributed by atoms with Crippen molar-refractivity contribution < 1.29 is 23.9 Å². The number of carbonyl (C=O) groups is 4. The molecule has 2 bridgehead atoms. The van der Waals surface area contributed by atoms with E-state index in [2.05, 4.69) is 12.2 Å². The number of Topliss-reactive ketones (excluding diaryl/α,β-unsaturated/α-hetero) is 1. The van der Waals surface area contributed by atoms with Gasteiger partial charge >= 0.3 is 5.97 Å². The first-order valence-electron chi connectivity index (χ1n) is 10.9. The lowest BCUT2D eigenvalue weighted by molar-refractivity contribution is -0.124. The van der Waals surface area contributed by atoms with Crippen LogP contribution in [0.3, 0.4) is 0 Å². The molecule has 0 unspecified atom stereocenters. The number of amides is 2. The molecule has 7 rings (SSSR count). The Labute approximate surface area is 184 Å². The highest BCUT2D eigenvalue weighted by atomic mass is 16.5. The lowest BCUT2D eigenvalue weighted by Crippen LogP contribution is -2.40. The summed E-state index contributed by atoms with van der Waals surface area (Å²) < 4.78 is 5.46. The molecule has 0 N–H and O–H groups in total. The molecule has 5 aliphatic rings. The van der Waals surface area contributed by atoms with Crippen LogP contribution >= 0.6 is 0 Å². The van der Waals surface area contributed by atoms with E-state index in [9.17, 15) is 19.2 Å². The van der Waals surface area contributed by atoms with Crippen molar-refractivity contribution in [2.24, 2.45) is 35.5 Å². The van der Waals surface area contributed by atoms with Crippen LogP contribution in [0.1, 0.15) is 34.1 Å². The Morgan fingerprint density at radius 1 is 0.906 bits per heavy atom. The predicted octanol–water partition coefficient (Wildman–Crippen LogP) is 3.67. The first kappa shape index (κ1) is 19.2. The van der Waals surface area contributed by atoms with Gasteiger partial charge in [-0.15, -0.1) is 0 Å². The molecule has 6 nitrogen and oxygen atoms in total. The van der Waals surface area contributed by atoms with Crippen molar-refractivity contribution in [3.8, 4) is 5.75 Å². The second-order valence-corrected chi connectivity index (χ2v) is 9.16. The average molecular weight is 427 g/mol. The van der Waals surface area contributed by atoms with Gasteiger partial charge in [-0.05, 0) is 67.3 Å². The summed E-state index contributed by atoms with van der Waals surface area (Å²) in [4.78, 5) is 52.5. The van der Waals surface area contributed by atoms with Crippen LogP contribution in [0.4, 0.5) is 5.69 Å². The maximum Gasteiger partial charge on any atom is 0.343 e. The monoisotopic (exact) mass is 427 g/mol. The van der Waals surface area contributed by atoms with Crippen LogP contribution in [-0.2, 0) is 9.59 Å². The summed E-state index contributed by atoms with van der Waals surface area (Å²) in [6.07, 6.45) is 5.38. The topological polar surface area (TPSA) is 80.8 Å². The molecule has 3 fully saturated rings. The minimum atomic E-state index is -0.653. The number of nitrogens with zero attached hydrogens (tertiary/aromatic N) is 1. The minimum Gasteiger partial charge on any atom is -0.422 e. The van der Waals surface area contributed by atoms with Gasteiger partial charge in [0.25, 0.3) is 0 Å². The molecule has 2 aromatic rings. The van der Waals surface area contributed by atoms with Crippen LogP contribution in [0.5, 0.6) is 5.75 Å². The second kappa shape index (κ2) is 6.73. The maximum atomic E-state index is 13.3. The molecule has 1 heterocycles. The molecule has 160 valence electrons. The lowest BCUT2D eigenvalue weighted by Gasteiger charge is -2.37. The van der Waals surface area contributed by atoms with E-state index in [-0.39, 0.29) is 52.6 Å². The van der Waals surface area contributed by atoms with E-state index in [1.807, 2.05) is 0 Å². The number of hydrogen-bond donors (Lipinski definition) is 0. The van der Waals surface area contributed by atoms with E-state index >= 15 is 0 Å². The van der Waals surface area contributed by atoms with Crippen molar-refractivity contribution in [2.75, 3.05) is 4.90 Å². The van der Waals surface area contributed by atoms with Gasteiger partial charge in [0.05, 0.1) is 28.7 Å². The zero-order valence-corrected chi connectivity index (χ0v) is 17.4. The Hall–Kier alpha value is -3.54. The van der Waals surface area contributed by atoms with E-state index < -0.39 is 5.97 Å². The van der Waals surface area contributed by atoms with E-state index in [1.165, 1.54) is 17.9 Å². The van der Waals surface area contributed by atoms with Gasteiger partial charge in [0.1, 0.15) is 5.75 Å². The van der Waals surface area contributed by atoms with Crippen LogP contribution < -0.4 is 9.64 Å². The average Bonchev–Trinajstić information content (AvgIpc) is 3.57. The Morgan fingerprint density at radius 3 is 2.22 bits per heavy atom. The van der Waals surface area contributed by atoms with Crippen LogP contribution in [0, 0.1) is 35.5 Å². The third-order valence-corrected chi connectivity index (χ3v) is 7.47. The summed E-state index contributed by atoms with van der Waals surface area (Å²) in [6.45, 7) is 1.41. The quantitative estimate of drug-likeness (QED) is 0.245. The van der Waals surface area contributed by atoms with Gasteiger partial charge in [-0.1, -0.05) is 30.4 Å². The molecular weight excluding hydrogens is 406 g/mol. The van der Waals surface area contributed by atoms with Crippen LogP contribution in [0.25, 0.3) is 0 Å². The molecule has 0 aromatic heterocycles. The van der Waals surface area contributed by atoms with Crippen LogP contribution in [0.15, 0.2) is 60.7 Å². The molecule has 32 heavy (non-hydrogen) atoms. The first-order chi connectivity index (χ1) is 15.5. The Morgan fingerprint density at radius 2 is 1.56 bits per heavy atom. The van der Waals surface area contributed by atoms with Gasteiger partial charge in [0.15, 0.2) is 5.78 Å². The van der Waals surface area contributed by atoms with Gasteiger partial charge in [-0.2, -0.15) is 0 Å². The number of imide groups is 1. The molecule has 1 saturated heterocycles. The van der Waals surface area contributed by atoms with Gasteiger partial charge in [-0.3, -0.25) is 14.4 Å². The van der Waals surface area contributed by atoms with Crippen LogP contribution in [-0.4, -0.2) is 23.6 Å². The highest BCUT2D eigenvalue weighted by Gasteiger charge is 2.67. The first-order valence-corrected chi connectivity index (χ1v) is 10.9. The van der Waals surface area contributed by atoms with Gasteiger partial charge < -0.3 is 4.74 Å². The Bertz CT molecular complexity index is 1190. The van der Waals surface area contributed by atoms with Crippen molar-refractivity contribution >= 4 is 29.3 Å². The molecule has 0 radical (unpaired) electrons. The van der Waals surface area contributed by atoms with E-state index in [0.717, 1.165) is 6.42 Å². The number of hydrogen-bond acceptors (Lipinski definition) is 5. The summed E-state index contributed by atoms with van der Waals surface area (Å²) in [5, 5.41) is 0. The number of esters is 1. The summed E-state index contributed by atoms with van der Waals surface area (Å²) in [5.74, 6) is -0.250. The zero-order valence-electron chi connectivity index (χ0n) is 17.4. The highest BCUT2D eigenvalue weighted by Crippen LogP contribution is 2.65. The smallest absolute Gasteiger partial charge is 0.343 e. The van der Waals surface area contributed by atoms with Crippen molar-refractivity contribution in [3.63, 3.8) is 0 Å². The van der Waals surface area contributed by atoms with Gasteiger partial charge in [0.2, 0.25) is 11.8 Å². The second-order valence-electron chi connectivity index (χ2n) is 9.16. The molecule has 2 amide bonds. The van der Waals surface area contributed by atoms with E-state index in [1.54, 1.807) is 42.5 Å². The SMILES string of the molecule is CC(=O)c1ccccc1OC(=O)c1cccc(N2C(=O)[C@@H]3[C@H]4C=C[C@@H]([C@@H]5C[C@@H]45)[C@@H]3C2=O)c1. The number of carbonyl (C=O) groups excluding carboxylic acids is 4. The summed E-state index contributed by atoms with van der Waals surface area (Å²) in [7, 11) is 0. The number of rotatable bonds is 4. The van der Waals surface area contributed by atoms with Crippen molar-refractivity contribution in [1.29, 1.82) is 0 Å². The number of ether oxygens (including phenoxy) is 1. The number of anilines is 1. The fourth-order valence-electron chi connectivity index (χ4n) is 5.99. The Kier molecular flexibility index (Phi) is 4.03. The largest absolute Gasteiger partial charge is 0.422 e. The highest BCUT2D eigenvalue weighted by molar-refractivity contribution is 6.23. The zero-order chi connectivity index (χ0) is 22.1. The molecule has 6 heteroatoms. The third kappa shape index (κ3) is 2.65. The lowest BCUT2D eigenvalue weighted by atomic mass is 9.63. The van der Waals surface area contributed by atoms with Crippen molar-refractivity contribution in [1.82, 2.24) is 0 Å². The molecule has 2 saturated carbocycles. The van der Waals surface area contributed by atoms with E-state index in [4.69, 9.17) is 4.74 Å². The molecule has 2 aromatic carbocycles. The Balaban J connectivity index is 1.29. The molecule has 4 aliphatic carbocycles. The predicted molar refractivity (Wildman–Crippen MR) is 115 cm³/mol. The molecule has 0 spiro atoms. The fraction of sp³-hybridized carbons (Fsp3) is 0.308. The summed E-state index contributed by atoms with van der Waals surface area (Å²) in [5.41, 5.74) is 0.907. The minimum absolute atomic E-state index is 0.146. The van der Waals surface area contributed by atoms with Crippen molar-refractivity contribution in [2.45, 2.75) is 13.3 Å². The fourth-order valence-corrected chi connectivity index (χ4v) is 5.99. The summed E-state index contributed by atoms with van der Waals surface area (Å²) in [6, 6.07) is 12.9. The normalized spacial score (nSPS) is 31.3. The van der Waals surface area contributed by atoms with E-state index in [0.29, 0.717) is 23.1 Å². The maximum absolute atomic E-state index is 13.3. The molecular formula is C26H21NO5.